The predicted octanol–water partition coefficient (Wildman–Crippen LogP) is 0.550. The van der Waals surface area contributed by atoms with Gasteiger partial charge in [-0.05, 0) is 26.7 Å². The van der Waals surface area contributed by atoms with Crippen molar-refractivity contribution in [1.82, 2.24) is 15.5 Å². The van der Waals surface area contributed by atoms with Gasteiger partial charge < -0.3 is 20.6 Å². The topological polar surface area (TPSA) is 98.7 Å². The van der Waals surface area contributed by atoms with Crippen LogP contribution in [0.5, 0.6) is 0 Å². The van der Waals surface area contributed by atoms with Crippen LogP contribution in [0.15, 0.2) is 0 Å². The molecule has 1 aliphatic heterocycles. The Bertz CT molecular complexity index is 361. The number of hydrogen-bond donors (Lipinski definition) is 3. The van der Waals surface area contributed by atoms with Gasteiger partial charge in [0.25, 0.3) is 0 Å². The largest absolute Gasteiger partial charge is 0.481 e. The zero-order valence-electron chi connectivity index (χ0n) is 12.0. The Balaban J connectivity index is 2.43. The Hall–Kier alpha value is -1.79. The van der Waals surface area contributed by atoms with Crippen molar-refractivity contribution in [2.75, 3.05) is 13.1 Å². The molecule has 3 N–H and O–H groups in total. The smallest absolute Gasteiger partial charge is 0.317 e. The van der Waals surface area contributed by atoms with Gasteiger partial charge in [-0.2, -0.15) is 0 Å². The highest BCUT2D eigenvalue weighted by Crippen LogP contribution is 2.07. The van der Waals surface area contributed by atoms with Crippen molar-refractivity contribution in [3.63, 3.8) is 0 Å². The van der Waals surface area contributed by atoms with Gasteiger partial charge in [0.15, 0.2) is 0 Å². The number of carboxylic acid groups (broad SMARTS) is 1. The van der Waals surface area contributed by atoms with E-state index in [0.29, 0.717) is 32.4 Å². The molecule has 0 aromatic carbocycles. The number of nitrogens with zero attached hydrogens (tertiary/aromatic N) is 1. The molecule has 1 atom stereocenters. The number of carboxylic acids is 1. The number of amides is 3. The Kier molecular flexibility index (Phi) is 6.27. The molecule has 7 heteroatoms. The molecule has 1 unspecified atom stereocenters. The first-order chi connectivity index (χ1) is 9.40. The fourth-order valence-corrected chi connectivity index (χ4v) is 2.11. The van der Waals surface area contributed by atoms with Gasteiger partial charge in [-0.1, -0.05) is 0 Å². The van der Waals surface area contributed by atoms with Crippen LogP contribution < -0.4 is 10.6 Å². The van der Waals surface area contributed by atoms with Crippen LogP contribution in [0.25, 0.3) is 0 Å². The lowest BCUT2D eigenvalue weighted by Gasteiger charge is -2.30. The van der Waals surface area contributed by atoms with E-state index in [1.165, 1.54) is 0 Å². The molecule has 0 bridgehead atoms. The first kappa shape index (κ1) is 16.3. The monoisotopic (exact) mass is 285 g/mol. The van der Waals surface area contributed by atoms with Crippen molar-refractivity contribution < 1.29 is 19.5 Å². The average molecular weight is 285 g/mol. The van der Waals surface area contributed by atoms with Gasteiger partial charge in [0.2, 0.25) is 5.91 Å². The van der Waals surface area contributed by atoms with Crippen molar-refractivity contribution in [2.45, 2.75) is 51.6 Å². The second-order valence-corrected chi connectivity index (χ2v) is 5.27. The maximum atomic E-state index is 12.2. The average Bonchev–Trinajstić information content (AvgIpc) is 2.36. The van der Waals surface area contributed by atoms with Crippen molar-refractivity contribution in [3.05, 3.63) is 0 Å². The first-order valence-corrected chi connectivity index (χ1v) is 6.95. The molecule has 0 aromatic rings. The highest BCUT2D eigenvalue weighted by Gasteiger charge is 2.23. The number of carbonyl (C=O) groups is 3. The molecule has 1 fully saturated rings. The molecule has 0 aliphatic carbocycles. The molecule has 1 heterocycles. The molecule has 0 aromatic heterocycles. The minimum atomic E-state index is -0.857. The fraction of sp³-hybridized carbons (Fsp3) is 0.769. The molecular formula is C13H23N3O4. The number of hydrogen-bond acceptors (Lipinski definition) is 3. The number of aliphatic carboxylic acids is 1. The summed E-state index contributed by atoms with van der Waals surface area (Å²) < 4.78 is 0. The predicted molar refractivity (Wildman–Crippen MR) is 73.3 cm³/mol. The van der Waals surface area contributed by atoms with E-state index in [4.69, 9.17) is 5.11 Å². The standard InChI is InChI=1S/C13H23N3O4/c1-9(2)16(7-3-4-12(18)19)13(20)15-10-5-6-11(17)14-8-10/h9-10H,3-8H2,1-2H3,(H,14,17)(H,15,20)(H,18,19). The molecule has 3 amide bonds. The van der Waals surface area contributed by atoms with Gasteiger partial charge >= 0.3 is 12.0 Å². The van der Waals surface area contributed by atoms with Crippen LogP contribution in [0.1, 0.15) is 39.5 Å². The fourth-order valence-electron chi connectivity index (χ4n) is 2.11. The lowest BCUT2D eigenvalue weighted by atomic mass is 10.1. The van der Waals surface area contributed by atoms with Crippen LogP contribution in [0.2, 0.25) is 0 Å². The molecule has 1 aliphatic rings. The summed E-state index contributed by atoms with van der Waals surface area (Å²) in [6, 6.07) is -0.255. The van der Waals surface area contributed by atoms with Gasteiger partial charge in [0.05, 0.1) is 0 Å². The summed E-state index contributed by atoms with van der Waals surface area (Å²) in [4.78, 5) is 35.3. The maximum absolute atomic E-state index is 12.2. The Labute approximate surface area is 118 Å². The van der Waals surface area contributed by atoms with E-state index < -0.39 is 5.97 Å². The van der Waals surface area contributed by atoms with Gasteiger partial charge in [0.1, 0.15) is 0 Å². The van der Waals surface area contributed by atoms with Crippen LogP contribution in [0, 0.1) is 0 Å². The number of urea groups is 1. The third-order valence-corrected chi connectivity index (χ3v) is 3.27. The minimum Gasteiger partial charge on any atom is -0.481 e. The third-order valence-electron chi connectivity index (χ3n) is 3.27. The molecule has 1 saturated heterocycles. The summed E-state index contributed by atoms with van der Waals surface area (Å²) >= 11 is 0. The van der Waals surface area contributed by atoms with Gasteiger partial charge in [-0.25, -0.2) is 4.79 Å². The van der Waals surface area contributed by atoms with E-state index in [1.807, 2.05) is 13.8 Å². The summed E-state index contributed by atoms with van der Waals surface area (Å²) in [5.74, 6) is -0.846. The van der Waals surface area contributed by atoms with E-state index in [-0.39, 0.29) is 30.4 Å². The Morgan fingerprint density at radius 2 is 2.20 bits per heavy atom. The molecule has 114 valence electrons. The number of nitrogens with one attached hydrogen (secondary N) is 2. The van der Waals surface area contributed by atoms with Crippen LogP contribution in [0.4, 0.5) is 4.79 Å². The molecular weight excluding hydrogens is 262 g/mol. The second-order valence-electron chi connectivity index (χ2n) is 5.27. The van der Waals surface area contributed by atoms with Crippen LogP contribution in [-0.2, 0) is 9.59 Å². The van der Waals surface area contributed by atoms with E-state index in [9.17, 15) is 14.4 Å². The summed E-state index contributed by atoms with van der Waals surface area (Å²) in [6.07, 6.45) is 1.54. The quantitative estimate of drug-likeness (QED) is 0.663. The highest BCUT2D eigenvalue weighted by molar-refractivity contribution is 5.78. The van der Waals surface area contributed by atoms with Gasteiger partial charge in [0, 0.05) is 38.0 Å². The zero-order valence-corrected chi connectivity index (χ0v) is 12.0. The summed E-state index contributed by atoms with van der Waals surface area (Å²) in [7, 11) is 0. The number of piperidine rings is 1. The zero-order chi connectivity index (χ0) is 15.1. The van der Waals surface area contributed by atoms with Crippen LogP contribution >= 0.6 is 0 Å². The van der Waals surface area contributed by atoms with Crippen LogP contribution in [-0.4, -0.2) is 53.1 Å². The summed E-state index contributed by atoms with van der Waals surface area (Å²) in [5, 5.41) is 14.2. The lowest BCUT2D eigenvalue weighted by Crippen LogP contribution is -2.53. The highest BCUT2D eigenvalue weighted by atomic mass is 16.4. The number of rotatable bonds is 6. The van der Waals surface area contributed by atoms with E-state index >= 15 is 0 Å². The van der Waals surface area contributed by atoms with E-state index in [0.717, 1.165) is 0 Å². The Morgan fingerprint density at radius 3 is 2.70 bits per heavy atom. The number of carbonyl (C=O) groups excluding carboxylic acids is 2. The van der Waals surface area contributed by atoms with Crippen molar-refractivity contribution in [1.29, 1.82) is 0 Å². The molecule has 20 heavy (non-hydrogen) atoms. The lowest BCUT2D eigenvalue weighted by molar-refractivity contribution is -0.137. The molecule has 0 radical (unpaired) electrons. The maximum Gasteiger partial charge on any atom is 0.317 e. The SMILES string of the molecule is CC(C)N(CCCC(=O)O)C(=O)NC1CCC(=O)NC1. The molecule has 0 spiro atoms. The molecule has 7 nitrogen and oxygen atoms in total. The van der Waals surface area contributed by atoms with Crippen molar-refractivity contribution in [3.8, 4) is 0 Å². The van der Waals surface area contributed by atoms with Crippen molar-refractivity contribution in [2.24, 2.45) is 0 Å². The first-order valence-electron chi connectivity index (χ1n) is 6.95. The normalized spacial score (nSPS) is 18.6. The van der Waals surface area contributed by atoms with E-state index in [1.54, 1.807) is 4.90 Å². The third kappa shape index (κ3) is 5.46. The minimum absolute atomic E-state index is 0.00183. The second kappa shape index (κ2) is 7.72. The Morgan fingerprint density at radius 1 is 1.50 bits per heavy atom. The van der Waals surface area contributed by atoms with Crippen LogP contribution in [0.3, 0.4) is 0 Å². The van der Waals surface area contributed by atoms with Gasteiger partial charge in [-0.3, -0.25) is 9.59 Å². The molecule has 1 rings (SSSR count). The molecule has 0 saturated carbocycles. The summed E-state index contributed by atoms with van der Waals surface area (Å²) in [6.45, 7) is 4.65. The van der Waals surface area contributed by atoms with E-state index in [2.05, 4.69) is 10.6 Å². The van der Waals surface area contributed by atoms with Crippen molar-refractivity contribution >= 4 is 17.9 Å². The van der Waals surface area contributed by atoms with Gasteiger partial charge in [-0.15, -0.1) is 0 Å². The summed E-state index contributed by atoms with van der Waals surface area (Å²) in [5.41, 5.74) is 0.